The summed E-state index contributed by atoms with van der Waals surface area (Å²) in [5.41, 5.74) is 1.63. The van der Waals surface area contributed by atoms with Crippen LogP contribution in [0.5, 0.6) is 5.75 Å². The van der Waals surface area contributed by atoms with Crippen LogP contribution in [0.1, 0.15) is 29.8 Å². The summed E-state index contributed by atoms with van der Waals surface area (Å²) in [7, 11) is 0. The molecule has 10 heteroatoms. The van der Waals surface area contributed by atoms with Gasteiger partial charge in [0.2, 0.25) is 5.91 Å². The molecule has 0 fully saturated rings. The van der Waals surface area contributed by atoms with Crippen LogP contribution in [0.2, 0.25) is 0 Å². The zero-order valence-electron chi connectivity index (χ0n) is 21.9. The van der Waals surface area contributed by atoms with Gasteiger partial charge in [0.1, 0.15) is 11.4 Å². The molecule has 4 aromatic rings. The van der Waals surface area contributed by atoms with Gasteiger partial charge in [0.15, 0.2) is 5.13 Å². The zero-order chi connectivity index (χ0) is 28.3. The predicted molar refractivity (Wildman–Crippen MR) is 161 cm³/mol. The zero-order valence-corrected chi connectivity index (χ0v) is 23.6. The molecule has 4 rings (SSSR count). The molecule has 204 valence electrons. The van der Waals surface area contributed by atoms with Gasteiger partial charge in [-0.2, -0.15) is 0 Å². The maximum absolute atomic E-state index is 13.5. The van der Waals surface area contributed by atoms with E-state index in [4.69, 9.17) is 4.74 Å². The normalized spacial score (nSPS) is 11.8. The lowest BCUT2D eigenvalue weighted by atomic mass is 10.1. The van der Waals surface area contributed by atoms with E-state index >= 15 is 0 Å². The summed E-state index contributed by atoms with van der Waals surface area (Å²) in [6.07, 6.45) is 3.22. The molecule has 40 heavy (non-hydrogen) atoms. The van der Waals surface area contributed by atoms with Gasteiger partial charge in [-0.3, -0.25) is 14.4 Å². The molecular formula is C30H28N4O4S2. The number of nitrogens with zero attached hydrogens (tertiary/aromatic N) is 1. The fourth-order valence-corrected chi connectivity index (χ4v) is 5.04. The summed E-state index contributed by atoms with van der Waals surface area (Å²) >= 11 is 2.70. The maximum atomic E-state index is 13.5. The molecule has 1 aromatic heterocycles. The predicted octanol–water partition coefficient (Wildman–Crippen LogP) is 6.07. The summed E-state index contributed by atoms with van der Waals surface area (Å²) in [4.78, 5) is 43.8. The van der Waals surface area contributed by atoms with Crippen molar-refractivity contribution in [1.29, 1.82) is 0 Å². The van der Waals surface area contributed by atoms with Gasteiger partial charge in [-0.15, -0.1) is 23.1 Å². The van der Waals surface area contributed by atoms with Crippen molar-refractivity contribution in [3.05, 3.63) is 107 Å². The van der Waals surface area contributed by atoms with Gasteiger partial charge in [-0.25, -0.2) is 4.98 Å². The second-order valence-corrected chi connectivity index (χ2v) is 10.7. The van der Waals surface area contributed by atoms with Crippen molar-refractivity contribution in [2.24, 2.45) is 0 Å². The minimum Gasteiger partial charge on any atom is -0.493 e. The third kappa shape index (κ3) is 8.05. The second-order valence-electron chi connectivity index (χ2n) is 8.42. The van der Waals surface area contributed by atoms with Crippen molar-refractivity contribution >= 4 is 57.7 Å². The molecule has 0 radical (unpaired) electrons. The number of thioether (sulfide) groups is 1. The summed E-state index contributed by atoms with van der Waals surface area (Å²) in [5.74, 6) is -0.503. The molecule has 0 saturated heterocycles. The Balaban J connectivity index is 1.53. The topological polar surface area (TPSA) is 109 Å². The maximum Gasteiger partial charge on any atom is 0.272 e. The number of hydrogen-bond acceptors (Lipinski definition) is 7. The quantitative estimate of drug-likeness (QED) is 0.149. The molecule has 3 amide bonds. The first-order chi connectivity index (χ1) is 19.4. The number of nitrogens with one attached hydrogen (secondary N) is 3. The molecule has 3 aromatic carbocycles. The summed E-state index contributed by atoms with van der Waals surface area (Å²) in [6, 6.07) is 23.1. The number of hydrogen-bond donors (Lipinski definition) is 3. The number of anilines is 2. The smallest absolute Gasteiger partial charge is 0.272 e. The third-order valence-corrected chi connectivity index (χ3v) is 7.27. The molecule has 0 bridgehead atoms. The van der Waals surface area contributed by atoms with Gasteiger partial charge < -0.3 is 20.7 Å². The fraction of sp³-hybridized carbons (Fsp3) is 0.133. The van der Waals surface area contributed by atoms with E-state index in [-0.39, 0.29) is 11.6 Å². The van der Waals surface area contributed by atoms with Crippen LogP contribution in [-0.2, 0) is 9.59 Å². The van der Waals surface area contributed by atoms with Crippen molar-refractivity contribution in [2.75, 3.05) is 17.2 Å². The van der Waals surface area contributed by atoms with Crippen LogP contribution < -0.4 is 20.7 Å². The van der Waals surface area contributed by atoms with Crippen LogP contribution in [0.4, 0.5) is 10.8 Å². The van der Waals surface area contributed by atoms with Gasteiger partial charge in [0.25, 0.3) is 11.8 Å². The Kier molecular flexibility index (Phi) is 10.1. The van der Waals surface area contributed by atoms with E-state index in [9.17, 15) is 14.4 Å². The highest BCUT2D eigenvalue weighted by atomic mass is 32.2. The second kappa shape index (κ2) is 14.1. The molecule has 1 atom stereocenters. The molecule has 3 N–H and O–H groups in total. The van der Waals surface area contributed by atoms with E-state index in [1.54, 1.807) is 73.1 Å². The Morgan fingerprint density at radius 2 is 1.77 bits per heavy atom. The van der Waals surface area contributed by atoms with Gasteiger partial charge in [0.05, 0.1) is 11.9 Å². The Labute approximate surface area is 240 Å². The average Bonchev–Trinajstić information content (AvgIpc) is 3.47. The number of benzene rings is 3. The molecule has 0 saturated carbocycles. The average molecular weight is 573 g/mol. The minimum atomic E-state index is -0.507. The highest BCUT2D eigenvalue weighted by molar-refractivity contribution is 8.00. The minimum absolute atomic E-state index is 0.0512. The van der Waals surface area contributed by atoms with Crippen molar-refractivity contribution in [3.8, 4) is 5.75 Å². The van der Waals surface area contributed by atoms with Crippen LogP contribution in [0.25, 0.3) is 6.08 Å². The molecule has 0 spiro atoms. The third-order valence-electron chi connectivity index (χ3n) is 5.48. The summed E-state index contributed by atoms with van der Waals surface area (Å²) in [5, 5.41) is 10.3. The van der Waals surface area contributed by atoms with Gasteiger partial charge >= 0.3 is 0 Å². The monoisotopic (exact) mass is 572 g/mol. The van der Waals surface area contributed by atoms with Crippen molar-refractivity contribution in [2.45, 2.75) is 24.0 Å². The standard InChI is InChI=1S/C30H28N4O4S2/c1-3-38-26-15-8-7-12-22(26)18-25(33-28(36)21-10-5-4-6-11-21)29(37)32-23-13-9-14-24(19-23)40-20(2)27(35)34-30-31-16-17-39-30/h4-20H,3H2,1-2H3,(H,32,37)(H,33,36)(H,31,34,35)/b25-18+. The van der Waals surface area contributed by atoms with E-state index in [0.29, 0.717) is 34.3 Å². The highest BCUT2D eigenvalue weighted by Gasteiger charge is 2.18. The first kappa shape index (κ1) is 28.6. The Hall–Kier alpha value is -4.41. The number of ether oxygens (including phenoxy) is 1. The number of thiazole rings is 1. The summed E-state index contributed by atoms with van der Waals surface area (Å²) in [6.45, 7) is 4.13. The van der Waals surface area contributed by atoms with Crippen LogP contribution in [0.15, 0.2) is 101 Å². The molecule has 8 nitrogen and oxygen atoms in total. The van der Waals surface area contributed by atoms with Crippen molar-refractivity contribution in [3.63, 3.8) is 0 Å². The number of aromatic nitrogens is 1. The fourth-order valence-electron chi connectivity index (χ4n) is 3.58. The lowest BCUT2D eigenvalue weighted by Crippen LogP contribution is -2.30. The van der Waals surface area contributed by atoms with E-state index in [0.717, 1.165) is 4.90 Å². The van der Waals surface area contributed by atoms with E-state index in [1.807, 2.05) is 37.3 Å². The van der Waals surface area contributed by atoms with Crippen LogP contribution in [-0.4, -0.2) is 34.6 Å². The van der Waals surface area contributed by atoms with Crippen molar-refractivity contribution < 1.29 is 19.1 Å². The Morgan fingerprint density at radius 1 is 1.00 bits per heavy atom. The molecule has 0 aliphatic heterocycles. The molecule has 0 aliphatic rings. The van der Waals surface area contributed by atoms with Gasteiger partial charge in [0, 0.05) is 33.3 Å². The van der Waals surface area contributed by atoms with E-state index < -0.39 is 17.1 Å². The first-order valence-electron chi connectivity index (χ1n) is 12.5. The molecule has 0 aliphatic carbocycles. The van der Waals surface area contributed by atoms with Crippen LogP contribution >= 0.6 is 23.1 Å². The number of amides is 3. The highest BCUT2D eigenvalue weighted by Crippen LogP contribution is 2.27. The number of carbonyl (C=O) groups is 3. The van der Waals surface area contributed by atoms with Gasteiger partial charge in [-0.1, -0.05) is 42.5 Å². The Morgan fingerprint density at radius 3 is 2.52 bits per heavy atom. The first-order valence-corrected chi connectivity index (χ1v) is 14.3. The largest absolute Gasteiger partial charge is 0.493 e. The number of rotatable bonds is 11. The Bertz CT molecular complexity index is 1490. The number of para-hydroxylation sites is 1. The summed E-state index contributed by atoms with van der Waals surface area (Å²) < 4.78 is 5.70. The van der Waals surface area contributed by atoms with E-state index in [1.165, 1.54) is 23.1 Å². The van der Waals surface area contributed by atoms with Crippen LogP contribution in [0.3, 0.4) is 0 Å². The molecular weight excluding hydrogens is 544 g/mol. The van der Waals surface area contributed by atoms with Crippen LogP contribution in [0, 0.1) is 0 Å². The molecule has 1 heterocycles. The van der Waals surface area contributed by atoms with Gasteiger partial charge in [-0.05, 0) is 56.3 Å². The lowest BCUT2D eigenvalue weighted by Gasteiger charge is -2.14. The van der Waals surface area contributed by atoms with Crippen molar-refractivity contribution in [1.82, 2.24) is 10.3 Å². The SMILES string of the molecule is CCOc1ccccc1/C=C(/NC(=O)c1ccccc1)C(=O)Nc1cccc(SC(C)C(=O)Nc2nccs2)c1. The van der Waals surface area contributed by atoms with E-state index in [2.05, 4.69) is 20.9 Å². The lowest BCUT2D eigenvalue weighted by molar-refractivity contribution is -0.115. The molecule has 1 unspecified atom stereocenters. The number of carbonyl (C=O) groups excluding carboxylic acids is 3.